The third-order valence-electron chi connectivity index (χ3n) is 5.91. The molecule has 0 aromatic carbocycles. The number of amides is 1. The van der Waals surface area contributed by atoms with Crippen LogP contribution in [0, 0.1) is 5.92 Å². The summed E-state index contributed by atoms with van der Waals surface area (Å²) >= 11 is 3.48. The molecule has 5 rings (SSSR count). The molecule has 5 nitrogen and oxygen atoms in total. The van der Waals surface area contributed by atoms with E-state index in [2.05, 4.69) is 46.0 Å². The number of carbonyl (C=O) groups excluding carboxylic acids is 1. The van der Waals surface area contributed by atoms with E-state index in [4.69, 9.17) is 9.84 Å². The van der Waals surface area contributed by atoms with Crippen molar-refractivity contribution in [3.63, 3.8) is 0 Å². The van der Waals surface area contributed by atoms with Gasteiger partial charge >= 0.3 is 0 Å². The van der Waals surface area contributed by atoms with E-state index in [0.717, 1.165) is 38.1 Å². The molecule has 1 amide bonds. The van der Waals surface area contributed by atoms with Crippen molar-refractivity contribution in [3.05, 3.63) is 50.4 Å². The fourth-order valence-electron chi connectivity index (χ4n) is 4.51. The molecule has 0 spiro atoms. The van der Waals surface area contributed by atoms with E-state index in [9.17, 15) is 4.79 Å². The van der Waals surface area contributed by atoms with Crippen molar-refractivity contribution < 1.29 is 9.53 Å². The van der Waals surface area contributed by atoms with Crippen molar-refractivity contribution in [1.29, 1.82) is 0 Å². The molecule has 0 N–H and O–H groups in total. The van der Waals surface area contributed by atoms with Gasteiger partial charge in [0.2, 0.25) is 0 Å². The molecule has 0 bridgehead atoms. The molecule has 0 radical (unpaired) electrons. The summed E-state index contributed by atoms with van der Waals surface area (Å²) in [5.41, 5.74) is 2.42. The molecule has 2 aromatic heterocycles. The van der Waals surface area contributed by atoms with Crippen LogP contribution in [-0.4, -0.2) is 54.4 Å². The Balaban J connectivity index is 1.45. The zero-order valence-corrected chi connectivity index (χ0v) is 18.0. The highest BCUT2D eigenvalue weighted by atomic mass is 32.1. The maximum atomic E-state index is 13.3. The van der Waals surface area contributed by atoms with E-state index in [1.165, 1.54) is 15.3 Å². The second-order valence-corrected chi connectivity index (χ2v) is 9.71. The standard InChI is InChI=1S/C22H25N3O2S2/c26-20(15-24-8-10-27-11-9-24)25-22(19-7-3-13-29-19)18-6-1-4-16(21(18)23-25)14-17-5-2-12-28-17/h2-3,5,7,12-14,18,22H,1,4,6,8-11,15H2/b16-14-/t18-,22+/m0/s1. The summed E-state index contributed by atoms with van der Waals surface area (Å²) < 4.78 is 5.43. The minimum absolute atomic E-state index is 0.0329. The lowest BCUT2D eigenvalue weighted by Crippen LogP contribution is -2.44. The van der Waals surface area contributed by atoms with Gasteiger partial charge in [-0.15, -0.1) is 22.7 Å². The van der Waals surface area contributed by atoms with E-state index >= 15 is 0 Å². The van der Waals surface area contributed by atoms with Gasteiger partial charge in [-0.2, -0.15) is 5.10 Å². The Kier molecular flexibility index (Phi) is 5.63. The van der Waals surface area contributed by atoms with Gasteiger partial charge in [0.1, 0.15) is 0 Å². The number of allylic oxidation sites excluding steroid dienone is 1. The Morgan fingerprint density at radius 2 is 2.03 bits per heavy atom. The first-order valence-electron chi connectivity index (χ1n) is 10.3. The summed E-state index contributed by atoms with van der Waals surface area (Å²) in [7, 11) is 0. The Hall–Kier alpha value is -1.80. The van der Waals surface area contributed by atoms with Gasteiger partial charge in [0.05, 0.1) is 31.5 Å². The van der Waals surface area contributed by atoms with Gasteiger partial charge in [0, 0.05) is 28.8 Å². The van der Waals surface area contributed by atoms with E-state index in [0.29, 0.717) is 25.7 Å². The van der Waals surface area contributed by atoms with E-state index < -0.39 is 0 Å². The van der Waals surface area contributed by atoms with Crippen LogP contribution in [0.3, 0.4) is 0 Å². The zero-order valence-electron chi connectivity index (χ0n) is 16.3. The molecular formula is C22H25N3O2S2. The van der Waals surface area contributed by atoms with Gasteiger partial charge in [0.15, 0.2) is 0 Å². The Morgan fingerprint density at radius 3 is 2.79 bits per heavy atom. The molecule has 1 aliphatic carbocycles. The smallest absolute Gasteiger partial charge is 0.257 e. The molecule has 2 atom stereocenters. The van der Waals surface area contributed by atoms with Gasteiger partial charge in [-0.05, 0) is 53.8 Å². The van der Waals surface area contributed by atoms with Crippen LogP contribution >= 0.6 is 22.7 Å². The van der Waals surface area contributed by atoms with Crippen molar-refractivity contribution in [1.82, 2.24) is 9.91 Å². The maximum Gasteiger partial charge on any atom is 0.257 e. The first-order chi connectivity index (χ1) is 14.3. The lowest BCUT2D eigenvalue weighted by Gasteiger charge is -2.31. The third-order valence-corrected chi connectivity index (χ3v) is 7.68. The average Bonchev–Trinajstić information content (AvgIpc) is 3.49. The molecule has 29 heavy (non-hydrogen) atoms. The third kappa shape index (κ3) is 3.97. The van der Waals surface area contributed by atoms with Crippen LogP contribution in [0.25, 0.3) is 6.08 Å². The normalized spacial score (nSPS) is 26.6. The maximum absolute atomic E-state index is 13.3. The summed E-state index contributed by atoms with van der Waals surface area (Å²) in [4.78, 5) is 18.0. The van der Waals surface area contributed by atoms with Crippen LogP contribution in [-0.2, 0) is 9.53 Å². The number of hydrogen-bond acceptors (Lipinski definition) is 6. The SMILES string of the molecule is O=C(CN1CCOCC1)N1N=C2/C(=C\c3cccs3)CCC[C@@H]2[C@@H]1c1cccs1. The van der Waals surface area contributed by atoms with E-state index in [1.807, 2.05) is 0 Å². The molecule has 3 aliphatic rings. The van der Waals surface area contributed by atoms with Crippen molar-refractivity contribution in [2.24, 2.45) is 11.0 Å². The highest BCUT2D eigenvalue weighted by molar-refractivity contribution is 7.11. The second-order valence-electron chi connectivity index (χ2n) is 7.76. The number of hydrazone groups is 1. The highest BCUT2D eigenvalue weighted by Gasteiger charge is 2.44. The predicted octanol–water partition coefficient (Wildman–Crippen LogP) is 4.26. The van der Waals surface area contributed by atoms with Gasteiger partial charge in [-0.3, -0.25) is 9.69 Å². The highest BCUT2D eigenvalue weighted by Crippen LogP contribution is 2.45. The number of hydrogen-bond donors (Lipinski definition) is 0. The lowest BCUT2D eigenvalue weighted by molar-refractivity contribution is -0.135. The van der Waals surface area contributed by atoms with Gasteiger partial charge in [0.25, 0.3) is 5.91 Å². The molecule has 2 aliphatic heterocycles. The number of fused-ring (bicyclic) bond motifs is 1. The fraction of sp³-hybridized carbons (Fsp3) is 0.455. The molecule has 1 saturated carbocycles. The van der Waals surface area contributed by atoms with Crippen LogP contribution in [0.1, 0.15) is 35.1 Å². The quantitative estimate of drug-likeness (QED) is 0.732. The van der Waals surface area contributed by atoms with Crippen LogP contribution in [0.2, 0.25) is 0 Å². The largest absolute Gasteiger partial charge is 0.379 e. The first-order valence-corrected chi connectivity index (χ1v) is 12.0. The molecule has 7 heteroatoms. The summed E-state index contributed by atoms with van der Waals surface area (Å²) in [6, 6.07) is 8.49. The van der Waals surface area contributed by atoms with Crippen LogP contribution in [0.15, 0.2) is 45.7 Å². The number of nitrogens with zero attached hydrogens (tertiary/aromatic N) is 3. The van der Waals surface area contributed by atoms with Crippen molar-refractivity contribution in [2.75, 3.05) is 32.8 Å². The number of thiophene rings is 2. The van der Waals surface area contributed by atoms with Crippen LogP contribution < -0.4 is 0 Å². The monoisotopic (exact) mass is 427 g/mol. The van der Waals surface area contributed by atoms with E-state index in [1.54, 1.807) is 27.7 Å². The number of ether oxygens (including phenoxy) is 1. The van der Waals surface area contributed by atoms with Crippen molar-refractivity contribution >= 4 is 40.4 Å². The Morgan fingerprint density at radius 1 is 1.21 bits per heavy atom. The van der Waals surface area contributed by atoms with Crippen molar-refractivity contribution in [2.45, 2.75) is 25.3 Å². The predicted molar refractivity (Wildman–Crippen MR) is 118 cm³/mol. The molecule has 1 saturated heterocycles. The number of carbonyl (C=O) groups is 1. The van der Waals surface area contributed by atoms with Crippen LogP contribution in [0.5, 0.6) is 0 Å². The molecule has 152 valence electrons. The molecule has 2 fully saturated rings. The fourth-order valence-corrected chi connectivity index (χ4v) is 6.07. The van der Waals surface area contributed by atoms with Gasteiger partial charge in [-0.25, -0.2) is 5.01 Å². The summed E-state index contributed by atoms with van der Waals surface area (Å²) in [5.74, 6) is 0.393. The number of morpholine rings is 1. The summed E-state index contributed by atoms with van der Waals surface area (Å²) in [6.45, 7) is 3.44. The van der Waals surface area contributed by atoms with Gasteiger partial charge < -0.3 is 4.74 Å². The zero-order chi connectivity index (χ0) is 19.6. The van der Waals surface area contributed by atoms with Crippen LogP contribution in [0.4, 0.5) is 0 Å². The molecular weight excluding hydrogens is 402 g/mol. The van der Waals surface area contributed by atoms with Crippen molar-refractivity contribution in [3.8, 4) is 0 Å². The second kappa shape index (κ2) is 8.52. The number of rotatable bonds is 4. The van der Waals surface area contributed by atoms with Gasteiger partial charge in [-0.1, -0.05) is 12.1 Å². The minimum Gasteiger partial charge on any atom is -0.379 e. The molecule has 2 aromatic rings. The minimum atomic E-state index is 0.0329. The lowest BCUT2D eigenvalue weighted by atomic mass is 9.79. The topological polar surface area (TPSA) is 45.1 Å². The molecule has 4 heterocycles. The molecule has 0 unspecified atom stereocenters. The summed E-state index contributed by atoms with van der Waals surface area (Å²) in [6.07, 6.45) is 5.55. The Bertz CT molecular complexity index is 899. The average molecular weight is 428 g/mol. The Labute approximate surface area is 179 Å². The first kappa shape index (κ1) is 19.2. The summed E-state index contributed by atoms with van der Waals surface area (Å²) in [5, 5.41) is 11.0. The van der Waals surface area contributed by atoms with E-state index in [-0.39, 0.29) is 11.9 Å².